The lowest BCUT2D eigenvalue weighted by Gasteiger charge is -2.33. The van der Waals surface area contributed by atoms with E-state index in [4.69, 9.17) is 0 Å². The molecule has 5 heteroatoms. The van der Waals surface area contributed by atoms with Crippen LogP contribution in [0.4, 0.5) is 4.79 Å². The second kappa shape index (κ2) is 4.82. The van der Waals surface area contributed by atoms with E-state index in [2.05, 4.69) is 17.1 Å². The summed E-state index contributed by atoms with van der Waals surface area (Å²) in [6, 6.07) is -0.215. The van der Waals surface area contributed by atoms with Crippen molar-refractivity contribution in [1.29, 1.82) is 0 Å². The van der Waals surface area contributed by atoms with Gasteiger partial charge >= 0.3 is 6.03 Å². The van der Waals surface area contributed by atoms with E-state index in [0.717, 1.165) is 45.6 Å². The van der Waals surface area contributed by atoms with E-state index in [9.17, 15) is 9.59 Å². The van der Waals surface area contributed by atoms with Crippen LogP contribution in [0.5, 0.6) is 0 Å². The molecule has 1 N–H and O–H groups in total. The Bertz CT molecular complexity index is 281. The molecule has 0 bridgehead atoms. The molecule has 1 aliphatic carbocycles. The van der Waals surface area contributed by atoms with Crippen molar-refractivity contribution in [3.63, 3.8) is 0 Å². The summed E-state index contributed by atoms with van der Waals surface area (Å²) in [4.78, 5) is 27.1. The van der Waals surface area contributed by atoms with E-state index in [0.29, 0.717) is 0 Å². The monoisotopic (exact) mass is 225 g/mol. The summed E-state index contributed by atoms with van der Waals surface area (Å²) in [5, 5.41) is 2.47. The Morgan fingerprint density at radius 2 is 1.81 bits per heavy atom. The minimum absolute atomic E-state index is 0.0945. The fourth-order valence-electron chi connectivity index (χ4n) is 1.90. The van der Waals surface area contributed by atoms with E-state index in [-0.39, 0.29) is 17.9 Å². The molecule has 3 amide bonds. The second-order valence-corrected chi connectivity index (χ2v) is 4.49. The van der Waals surface area contributed by atoms with E-state index < -0.39 is 0 Å². The molecule has 1 saturated heterocycles. The largest absolute Gasteiger partial charge is 0.324 e. The smallest absolute Gasteiger partial charge is 0.322 e. The van der Waals surface area contributed by atoms with Crippen molar-refractivity contribution in [2.75, 3.05) is 32.7 Å². The fraction of sp³-hybridized carbons (Fsp3) is 0.818. The summed E-state index contributed by atoms with van der Waals surface area (Å²) in [7, 11) is 0. The number of hydrogen-bond donors (Lipinski definition) is 1. The number of rotatable bonds is 2. The predicted molar refractivity (Wildman–Crippen MR) is 59.9 cm³/mol. The number of carbonyl (C=O) groups excluding carboxylic acids is 2. The molecule has 0 aromatic carbocycles. The maximum atomic E-state index is 11.7. The molecule has 0 spiro atoms. The Hall–Kier alpha value is -1.10. The van der Waals surface area contributed by atoms with Crippen molar-refractivity contribution in [2.24, 2.45) is 5.92 Å². The lowest BCUT2D eigenvalue weighted by molar-refractivity contribution is -0.121. The first-order chi connectivity index (χ1) is 7.70. The van der Waals surface area contributed by atoms with E-state index in [1.807, 2.05) is 0 Å². The fourth-order valence-corrected chi connectivity index (χ4v) is 1.90. The molecule has 90 valence electrons. The number of nitrogens with one attached hydrogen (secondary N) is 1. The van der Waals surface area contributed by atoms with Crippen molar-refractivity contribution in [1.82, 2.24) is 15.1 Å². The summed E-state index contributed by atoms with van der Waals surface area (Å²) in [5.41, 5.74) is 0. The Morgan fingerprint density at radius 3 is 2.31 bits per heavy atom. The zero-order chi connectivity index (χ0) is 11.5. The van der Waals surface area contributed by atoms with Crippen LogP contribution in [0.2, 0.25) is 0 Å². The van der Waals surface area contributed by atoms with Gasteiger partial charge in [-0.15, -0.1) is 0 Å². The normalized spacial score (nSPS) is 21.9. The molecule has 1 heterocycles. The van der Waals surface area contributed by atoms with Gasteiger partial charge in [0.2, 0.25) is 5.91 Å². The molecular formula is C11H19N3O2. The van der Waals surface area contributed by atoms with Gasteiger partial charge in [-0.05, 0) is 19.4 Å². The predicted octanol–water partition coefficient (Wildman–Crippen LogP) is 0.270. The van der Waals surface area contributed by atoms with Crippen LogP contribution in [0.3, 0.4) is 0 Å². The highest BCUT2D eigenvalue weighted by molar-refractivity contribution is 5.96. The van der Waals surface area contributed by atoms with Crippen molar-refractivity contribution in [3.05, 3.63) is 0 Å². The number of likely N-dealkylation sites (N-methyl/N-ethyl adjacent to an activating group) is 1. The lowest BCUT2D eigenvalue weighted by Crippen LogP contribution is -2.52. The van der Waals surface area contributed by atoms with E-state index in [1.165, 1.54) is 0 Å². The van der Waals surface area contributed by atoms with Gasteiger partial charge in [-0.3, -0.25) is 10.1 Å². The first-order valence-corrected chi connectivity index (χ1v) is 6.03. The third-order valence-electron chi connectivity index (χ3n) is 3.28. The molecule has 2 aliphatic rings. The lowest BCUT2D eigenvalue weighted by atomic mass is 10.3. The quantitative estimate of drug-likeness (QED) is 0.734. The van der Waals surface area contributed by atoms with E-state index >= 15 is 0 Å². The maximum Gasteiger partial charge on any atom is 0.324 e. The highest BCUT2D eigenvalue weighted by Gasteiger charge is 2.32. The van der Waals surface area contributed by atoms with Gasteiger partial charge in [0, 0.05) is 32.1 Å². The molecule has 0 aromatic rings. The Morgan fingerprint density at radius 1 is 1.19 bits per heavy atom. The van der Waals surface area contributed by atoms with Gasteiger partial charge in [-0.2, -0.15) is 0 Å². The summed E-state index contributed by atoms with van der Waals surface area (Å²) >= 11 is 0. The second-order valence-electron chi connectivity index (χ2n) is 4.49. The Labute approximate surface area is 95.8 Å². The topological polar surface area (TPSA) is 52.6 Å². The average Bonchev–Trinajstić information content (AvgIpc) is 3.13. The molecule has 2 fully saturated rings. The summed E-state index contributed by atoms with van der Waals surface area (Å²) < 4.78 is 0. The molecule has 2 rings (SSSR count). The number of piperazine rings is 1. The SMILES string of the molecule is CCN1CCN(C(=O)NC(=O)C2CC2)CC1. The van der Waals surface area contributed by atoms with Gasteiger partial charge in [-0.1, -0.05) is 6.92 Å². The van der Waals surface area contributed by atoms with Crippen molar-refractivity contribution in [2.45, 2.75) is 19.8 Å². The highest BCUT2D eigenvalue weighted by Crippen LogP contribution is 2.28. The van der Waals surface area contributed by atoms with Crippen LogP contribution >= 0.6 is 0 Å². The third-order valence-corrected chi connectivity index (χ3v) is 3.28. The molecule has 5 nitrogen and oxygen atoms in total. The number of hydrogen-bond acceptors (Lipinski definition) is 3. The summed E-state index contributed by atoms with van der Waals surface area (Å²) in [6.45, 7) is 6.39. The van der Waals surface area contributed by atoms with Gasteiger partial charge < -0.3 is 9.80 Å². The molecule has 0 radical (unpaired) electrons. The molecule has 1 aliphatic heterocycles. The average molecular weight is 225 g/mol. The Kier molecular flexibility index (Phi) is 3.43. The molecule has 0 unspecified atom stereocenters. The number of imide groups is 1. The van der Waals surface area contributed by atoms with Crippen LogP contribution in [0.25, 0.3) is 0 Å². The first-order valence-electron chi connectivity index (χ1n) is 6.03. The van der Waals surface area contributed by atoms with Gasteiger partial charge in [0.05, 0.1) is 0 Å². The maximum absolute atomic E-state index is 11.7. The van der Waals surface area contributed by atoms with Crippen LogP contribution in [-0.2, 0) is 4.79 Å². The summed E-state index contributed by atoms with van der Waals surface area (Å²) in [6.07, 6.45) is 1.87. The van der Waals surface area contributed by atoms with Crippen LogP contribution in [0, 0.1) is 5.92 Å². The minimum atomic E-state index is -0.215. The van der Waals surface area contributed by atoms with E-state index in [1.54, 1.807) is 4.90 Å². The van der Waals surface area contributed by atoms with Crippen molar-refractivity contribution in [3.8, 4) is 0 Å². The van der Waals surface area contributed by atoms with Crippen LogP contribution in [0.1, 0.15) is 19.8 Å². The number of amides is 3. The zero-order valence-corrected chi connectivity index (χ0v) is 9.74. The van der Waals surface area contributed by atoms with Gasteiger partial charge in [0.15, 0.2) is 0 Å². The molecule has 16 heavy (non-hydrogen) atoms. The molecule has 1 saturated carbocycles. The Balaban J connectivity index is 1.75. The van der Waals surface area contributed by atoms with Crippen LogP contribution in [0.15, 0.2) is 0 Å². The third kappa shape index (κ3) is 2.72. The van der Waals surface area contributed by atoms with Crippen molar-refractivity contribution < 1.29 is 9.59 Å². The standard InChI is InChI=1S/C11H19N3O2/c1-2-13-5-7-14(8-6-13)11(16)12-10(15)9-3-4-9/h9H,2-8H2,1H3,(H,12,15,16). The van der Waals surface area contributed by atoms with Crippen molar-refractivity contribution >= 4 is 11.9 Å². The number of carbonyl (C=O) groups is 2. The summed E-state index contributed by atoms with van der Waals surface area (Å²) in [5.74, 6) is 0.00352. The van der Waals surface area contributed by atoms with Gasteiger partial charge in [0.1, 0.15) is 0 Å². The minimum Gasteiger partial charge on any atom is -0.322 e. The highest BCUT2D eigenvalue weighted by atomic mass is 16.2. The number of nitrogens with zero attached hydrogens (tertiary/aromatic N) is 2. The van der Waals surface area contributed by atoms with Crippen LogP contribution < -0.4 is 5.32 Å². The first kappa shape index (κ1) is 11.4. The zero-order valence-electron chi connectivity index (χ0n) is 9.74. The van der Waals surface area contributed by atoms with Crippen LogP contribution in [-0.4, -0.2) is 54.5 Å². The van der Waals surface area contributed by atoms with Gasteiger partial charge in [0.25, 0.3) is 0 Å². The molecular weight excluding hydrogens is 206 g/mol. The van der Waals surface area contributed by atoms with Gasteiger partial charge in [-0.25, -0.2) is 4.79 Å². The molecule has 0 aromatic heterocycles. The molecule has 0 atom stereocenters. The number of urea groups is 1.